The van der Waals surface area contributed by atoms with Gasteiger partial charge in [-0.1, -0.05) is 41.4 Å². The van der Waals surface area contributed by atoms with E-state index >= 15 is 0 Å². The number of halogens is 2. The van der Waals surface area contributed by atoms with Crippen molar-refractivity contribution >= 4 is 34.9 Å². The van der Waals surface area contributed by atoms with E-state index in [1.165, 1.54) is 18.3 Å². The van der Waals surface area contributed by atoms with Crippen molar-refractivity contribution in [2.75, 3.05) is 5.73 Å². The quantitative estimate of drug-likeness (QED) is 0.590. The standard InChI is InChI=1S/C20H16Cl2N2O3/c1-11(18-15(21)3-2-4-16(18)22)27-17-10-24-9-14(19(17)23)12-5-7-13(8-6-12)20(25)26/h2-11H,1H3,(H2,23,24)(H,25,26). The summed E-state index contributed by atoms with van der Waals surface area (Å²) in [6.07, 6.45) is 2.68. The normalized spacial score (nSPS) is 11.8. The van der Waals surface area contributed by atoms with Gasteiger partial charge in [0, 0.05) is 27.4 Å². The first-order valence-corrected chi connectivity index (χ1v) is 8.82. The van der Waals surface area contributed by atoms with Crippen molar-refractivity contribution in [2.24, 2.45) is 0 Å². The number of pyridine rings is 1. The molecule has 7 heteroatoms. The third-order valence-corrected chi connectivity index (χ3v) is 4.76. The lowest BCUT2D eigenvalue weighted by Gasteiger charge is -2.19. The molecule has 1 aromatic heterocycles. The van der Waals surface area contributed by atoms with E-state index in [2.05, 4.69) is 4.98 Å². The maximum Gasteiger partial charge on any atom is 0.335 e. The molecule has 27 heavy (non-hydrogen) atoms. The van der Waals surface area contributed by atoms with E-state index in [1.54, 1.807) is 36.5 Å². The predicted molar refractivity (Wildman–Crippen MR) is 107 cm³/mol. The third kappa shape index (κ3) is 3.99. The van der Waals surface area contributed by atoms with Gasteiger partial charge >= 0.3 is 5.97 Å². The van der Waals surface area contributed by atoms with Gasteiger partial charge in [-0.25, -0.2) is 4.79 Å². The van der Waals surface area contributed by atoms with E-state index in [9.17, 15) is 4.79 Å². The zero-order chi connectivity index (χ0) is 19.6. The Morgan fingerprint density at radius 2 is 1.74 bits per heavy atom. The minimum atomic E-state index is -0.991. The lowest BCUT2D eigenvalue weighted by molar-refractivity contribution is 0.0697. The molecule has 2 aromatic carbocycles. The number of nitrogens with two attached hydrogens (primary N) is 1. The number of hydrogen-bond donors (Lipinski definition) is 2. The van der Waals surface area contributed by atoms with E-state index < -0.39 is 12.1 Å². The molecule has 5 nitrogen and oxygen atoms in total. The molecule has 1 atom stereocenters. The van der Waals surface area contributed by atoms with Crippen molar-refractivity contribution in [1.29, 1.82) is 0 Å². The van der Waals surface area contributed by atoms with Crippen LogP contribution in [0.25, 0.3) is 11.1 Å². The van der Waals surface area contributed by atoms with Gasteiger partial charge in [0.05, 0.1) is 17.4 Å². The second-order valence-corrected chi connectivity index (χ2v) is 6.69. The number of carbonyl (C=O) groups is 1. The summed E-state index contributed by atoms with van der Waals surface area (Å²) in [5.41, 5.74) is 8.89. The van der Waals surface area contributed by atoms with Gasteiger partial charge in [-0.3, -0.25) is 4.98 Å². The number of anilines is 1. The number of carboxylic acid groups (broad SMARTS) is 1. The Kier molecular flexibility index (Phi) is 5.54. The van der Waals surface area contributed by atoms with E-state index in [1.807, 2.05) is 6.92 Å². The molecule has 3 N–H and O–H groups in total. The van der Waals surface area contributed by atoms with E-state index in [4.69, 9.17) is 38.8 Å². The largest absolute Gasteiger partial charge is 0.482 e. The Hall–Kier alpha value is -2.76. The Labute approximate surface area is 166 Å². The van der Waals surface area contributed by atoms with Crippen molar-refractivity contribution in [3.63, 3.8) is 0 Å². The van der Waals surface area contributed by atoms with Gasteiger partial charge in [0.1, 0.15) is 6.10 Å². The first-order chi connectivity index (χ1) is 12.9. The zero-order valence-corrected chi connectivity index (χ0v) is 15.8. The van der Waals surface area contributed by atoms with Gasteiger partial charge in [0.2, 0.25) is 0 Å². The number of nitrogens with zero attached hydrogens (tertiary/aromatic N) is 1. The highest BCUT2D eigenvalue weighted by atomic mass is 35.5. The molecule has 0 amide bonds. The first kappa shape index (κ1) is 19.0. The molecule has 1 unspecified atom stereocenters. The van der Waals surface area contributed by atoms with Crippen LogP contribution in [0.15, 0.2) is 54.9 Å². The van der Waals surface area contributed by atoms with Gasteiger partial charge in [-0.15, -0.1) is 0 Å². The number of hydrogen-bond acceptors (Lipinski definition) is 4. The second-order valence-electron chi connectivity index (χ2n) is 5.88. The third-order valence-electron chi connectivity index (χ3n) is 4.10. The smallest absolute Gasteiger partial charge is 0.335 e. The molecular formula is C20H16Cl2N2O3. The molecule has 0 radical (unpaired) electrons. The molecule has 0 aliphatic carbocycles. The number of aromatic carboxylic acids is 1. The Morgan fingerprint density at radius 1 is 1.11 bits per heavy atom. The molecule has 1 heterocycles. The van der Waals surface area contributed by atoms with Crippen molar-refractivity contribution in [3.8, 4) is 16.9 Å². The number of ether oxygens (including phenoxy) is 1. The van der Waals surface area contributed by atoms with Crippen LogP contribution in [-0.4, -0.2) is 16.1 Å². The fraction of sp³-hybridized carbons (Fsp3) is 0.100. The number of nitrogen functional groups attached to an aromatic ring is 1. The van der Waals surface area contributed by atoms with Gasteiger partial charge in [-0.05, 0) is 36.8 Å². The highest BCUT2D eigenvalue weighted by Crippen LogP contribution is 2.37. The van der Waals surface area contributed by atoms with Gasteiger partial charge < -0.3 is 15.6 Å². The molecule has 0 aliphatic heterocycles. The Balaban J connectivity index is 1.92. The molecule has 138 valence electrons. The lowest BCUT2D eigenvalue weighted by atomic mass is 10.0. The van der Waals surface area contributed by atoms with Gasteiger partial charge in [-0.2, -0.15) is 0 Å². The van der Waals surface area contributed by atoms with Crippen molar-refractivity contribution in [1.82, 2.24) is 4.98 Å². The second kappa shape index (κ2) is 7.86. The lowest BCUT2D eigenvalue weighted by Crippen LogP contribution is -2.07. The van der Waals surface area contributed by atoms with Gasteiger partial charge in [0.25, 0.3) is 0 Å². The van der Waals surface area contributed by atoms with E-state index in [0.717, 1.165) is 5.56 Å². The van der Waals surface area contributed by atoms with Crippen molar-refractivity contribution in [3.05, 3.63) is 76.0 Å². The fourth-order valence-electron chi connectivity index (χ4n) is 2.72. The summed E-state index contributed by atoms with van der Waals surface area (Å²) in [4.78, 5) is 15.2. The molecule has 0 aliphatic rings. The first-order valence-electron chi connectivity index (χ1n) is 8.06. The minimum absolute atomic E-state index is 0.194. The van der Waals surface area contributed by atoms with Crippen LogP contribution in [0.5, 0.6) is 5.75 Å². The maximum absolute atomic E-state index is 11.0. The number of rotatable bonds is 5. The van der Waals surface area contributed by atoms with Crippen LogP contribution >= 0.6 is 23.2 Å². The van der Waals surface area contributed by atoms with Crippen molar-refractivity contribution < 1.29 is 14.6 Å². The Morgan fingerprint density at radius 3 is 2.33 bits per heavy atom. The summed E-state index contributed by atoms with van der Waals surface area (Å²) in [6.45, 7) is 1.82. The number of aromatic nitrogens is 1. The summed E-state index contributed by atoms with van der Waals surface area (Å²) in [7, 11) is 0. The number of benzene rings is 2. The highest BCUT2D eigenvalue weighted by Gasteiger charge is 2.18. The van der Waals surface area contributed by atoms with E-state index in [0.29, 0.717) is 32.6 Å². The molecule has 0 bridgehead atoms. The van der Waals surface area contributed by atoms with Gasteiger partial charge in [0.15, 0.2) is 5.75 Å². The summed E-state index contributed by atoms with van der Waals surface area (Å²) in [6, 6.07) is 11.6. The minimum Gasteiger partial charge on any atom is -0.482 e. The van der Waals surface area contributed by atoms with Crippen LogP contribution in [0, 0.1) is 0 Å². The highest BCUT2D eigenvalue weighted by molar-refractivity contribution is 6.36. The summed E-state index contributed by atoms with van der Waals surface area (Å²) >= 11 is 12.5. The monoisotopic (exact) mass is 402 g/mol. The summed E-state index contributed by atoms with van der Waals surface area (Å²) < 4.78 is 5.97. The SMILES string of the molecule is CC(Oc1cncc(-c2ccc(C(=O)O)cc2)c1N)c1c(Cl)cccc1Cl. The van der Waals surface area contributed by atoms with Crippen LogP contribution in [0.2, 0.25) is 10.0 Å². The molecule has 0 saturated heterocycles. The van der Waals surface area contributed by atoms with Crippen LogP contribution < -0.4 is 10.5 Å². The molecule has 0 fully saturated rings. The molecular weight excluding hydrogens is 387 g/mol. The van der Waals surface area contributed by atoms with Crippen LogP contribution in [0.1, 0.15) is 28.9 Å². The number of carboxylic acids is 1. The van der Waals surface area contributed by atoms with Crippen molar-refractivity contribution in [2.45, 2.75) is 13.0 Å². The predicted octanol–water partition coefficient (Wildman–Crippen LogP) is 5.48. The zero-order valence-electron chi connectivity index (χ0n) is 14.3. The topological polar surface area (TPSA) is 85.4 Å². The maximum atomic E-state index is 11.0. The van der Waals surface area contributed by atoms with Crippen LogP contribution in [0.3, 0.4) is 0 Å². The van der Waals surface area contributed by atoms with E-state index in [-0.39, 0.29) is 5.56 Å². The average molecular weight is 403 g/mol. The van der Waals surface area contributed by atoms with Crippen LogP contribution in [0.4, 0.5) is 5.69 Å². The summed E-state index contributed by atoms with van der Waals surface area (Å²) in [5.74, 6) is -0.603. The van der Waals surface area contributed by atoms with Crippen LogP contribution in [-0.2, 0) is 0 Å². The molecule has 0 saturated carbocycles. The summed E-state index contributed by atoms with van der Waals surface area (Å²) in [5, 5.41) is 10.0. The average Bonchev–Trinajstić information content (AvgIpc) is 2.63. The molecule has 3 rings (SSSR count). The molecule has 3 aromatic rings. The fourth-order valence-corrected chi connectivity index (χ4v) is 3.42. The Bertz CT molecular complexity index is 971. The molecule has 0 spiro atoms.